The first-order valence-corrected chi connectivity index (χ1v) is 10.4. The zero-order valence-electron chi connectivity index (χ0n) is 17.5. The summed E-state index contributed by atoms with van der Waals surface area (Å²) >= 11 is 0. The number of hydrogen-bond donors (Lipinski definition) is 1. The van der Waals surface area contributed by atoms with E-state index in [0.29, 0.717) is 44.6 Å². The maximum absolute atomic E-state index is 13.3. The minimum atomic E-state index is -4.62. The van der Waals surface area contributed by atoms with Crippen LogP contribution in [0.15, 0.2) is 36.8 Å². The van der Waals surface area contributed by atoms with Gasteiger partial charge >= 0.3 is 6.18 Å². The minimum Gasteiger partial charge on any atom is -0.371 e. The molecule has 4 rings (SSSR count). The number of carbonyl (C=O) groups excluding carboxylic acids is 2. The quantitative estimate of drug-likeness (QED) is 0.755. The van der Waals surface area contributed by atoms with E-state index in [1.165, 1.54) is 35.6 Å². The van der Waals surface area contributed by atoms with Crippen LogP contribution in [0.3, 0.4) is 0 Å². The van der Waals surface area contributed by atoms with Crippen molar-refractivity contribution < 1.29 is 22.8 Å². The fourth-order valence-corrected chi connectivity index (χ4v) is 4.75. The van der Waals surface area contributed by atoms with Gasteiger partial charge in [0.1, 0.15) is 18.1 Å². The molecule has 2 aromatic rings. The highest BCUT2D eigenvalue weighted by Crippen LogP contribution is 2.45. The zero-order valence-corrected chi connectivity index (χ0v) is 17.5. The molecule has 0 aliphatic carbocycles. The molecule has 0 bridgehead atoms. The third-order valence-corrected chi connectivity index (χ3v) is 6.52. The summed E-state index contributed by atoms with van der Waals surface area (Å²) in [5.74, 6) is -0.999. The first-order valence-electron chi connectivity index (χ1n) is 10.4. The van der Waals surface area contributed by atoms with Crippen LogP contribution in [0, 0.1) is 16.7 Å². The fraction of sp³-hybridized carbons (Fsp3) is 0.409. The number of nitriles is 1. The van der Waals surface area contributed by atoms with Gasteiger partial charge in [0.05, 0.1) is 17.2 Å². The van der Waals surface area contributed by atoms with Crippen LogP contribution in [0.5, 0.6) is 0 Å². The molecule has 1 spiro atoms. The number of hydrogen-bond acceptors (Lipinski definition) is 6. The Morgan fingerprint density at radius 3 is 2.52 bits per heavy atom. The van der Waals surface area contributed by atoms with Crippen LogP contribution in [-0.2, 0) is 11.0 Å². The van der Waals surface area contributed by atoms with E-state index in [0.717, 1.165) is 6.07 Å². The molecule has 2 fully saturated rings. The van der Waals surface area contributed by atoms with E-state index in [2.05, 4.69) is 9.97 Å². The standard InChI is InChI=1S/C22H21F3N6O2/c23-22(24,25)16-9-15(2-1-14(16)11-26)30-7-4-21(5-8-30)10-18(19(27)32)31(12-21)20(33)17-3-6-28-13-29-17/h1-3,6,9,13,18H,4-5,7-8,10,12H2,(H2,27,32). The number of piperidine rings is 1. The average Bonchev–Trinajstić information content (AvgIpc) is 3.18. The van der Waals surface area contributed by atoms with Crippen molar-refractivity contribution >= 4 is 17.5 Å². The van der Waals surface area contributed by atoms with Gasteiger partial charge in [-0.15, -0.1) is 0 Å². The molecule has 2 aliphatic rings. The second-order valence-electron chi connectivity index (χ2n) is 8.48. The maximum Gasteiger partial charge on any atom is 0.417 e. The van der Waals surface area contributed by atoms with Gasteiger partial charge < -0.3 is 15.5 Å². The van der Waals surface area contributed by atoms with Crippen molar-refractivity contribution in [2.75, 3.05) is 24.5 Å². The number of halogens is 3. The molecule has 1 unspecified atom stereocenters. The summed E-state index contributed by atoms with van der Waals surface area (Å²) in [7, 11) is 0. The van der Waals surface area contributed by atoms with Crippen LogP contribution in [-0.4, -0.2) is 52.4 Å². The first kappa shape index (κ1) is 22.5. The number of carbonyl (C=O) groups is 2. The largest absolute Gasteiger partial charge is 0.417 e. The van der Waals surface area contributed by atoms with Crippen molar-refractivity contribution in [1.82, 2.24) is 14.9 Å². The smallest absolute Gasteiger partial charge is 0.371 e. The number of likely N-dealkylation sites (tertiary alicyclic amines) is 1. The number of aromatic nitrogens is 2. The number of alkyl halides is 3. The minimum absolute atomic E-state index is 0.169. The summed E-state index contributed by atoms with van der Waals surface area (Å²) in [4.78, 5) is 36.1. The Balaban J connectivity index is 1.52. The molecule has 1 aromatic heterocycles. The molecule has 1 atom stereocenters. The van der Waals surface area contributed by atoms with Gasteiger partial charge in [-0.3, -0.25) is 9.59 Å². The Kier molecular flexibility index (Phi) is 5.69. The number of rotatable bonds is 3. The van der Waals surface area contributed by atoms with Crippen molar-refractivity contribution in [1.29, 1.82) is 5.26 Å². The Labute approximate surface area is 187 Å². The van der Waals surface area contributed by atoms with E-state index >= 15 is 0 Å². The monoisotopic (exact) mass is 458 g/mol. The number of nitrogens with two attached hydrogens (primary N) is 1. The second-order valence-corrected chi connectivity index (χ2v) is 8.48. The molecule has 0 saturated carbocycles. The van der Waals surface area contributed by atoms with E-state index in [4.69, 9.17) is 11.0 Å². The highest BCUT2D eigenvalue weighted by molar-refractivity contribution is 5.96. The second kappa shape index (κ2) is 8.35. The van der Waals surface area contributed by atoms with Gasteiger partial charge in [-0.2, -0.15) is 18.4 Å². The Morgan fingerprint density at radius 2 is 1.94 bits per heavy atom. The Hall–Kier alpha value is -3.68. The fourth-order valence-electron chi connectivity index (χ4n) is 4.75. The summed E-state index contributed by atoms with van der Waals surface area (Å²) in [6.45, 7) is 1.22. The van der Waals surface area contributed by atoms with E-state index in [1.807, 2.05) is 4.90 Å². The van der Waals surface area contributed by atoms with Crippen molar-refractivity contribution in [3.63, 3.8) is 0 Å². The SMILES string of the molecule is N#Cc1ccc(N2CCC3(CC2)CC(C(N)=O)N(C(=O)c2ccncn2)C3)cc1C(F)(F)F. The van der Waals surface area contributed by atoms with Gasteiger partial charge in [-0.1, -0.05) is 0 Å². The Bertz CT molecular complexity index is 1110. The summed E-state index contributed by atoms with van der Waals surface area (Å²) in [5.41, 5.74) is 4.40. The maximum atomic E-state index is 13.3. The third-order valence-electron chi connectivity index (χ3n) is 6.52. The van der Waals surface area contributed by atoms with E-state index in [9.17, 15) is 22.8 Å². The Morgan fingerprint density at radius 1 is 1.21 bits per heavy atom. The number of nitrogens with zero attached hydrogens (tertiary/aromatic N) is 5. The molecule has 11 heteroatoms. The lowest BCUT2D eigenvalue weighted by Gasteiger charge is -2.40. The summed E-state index contributed by atoms with van der Waals surface area (Å²) in [6.07, 6.45) is -0.383. The van der Waals surface area contributed by atoms with E-state index in [-0.39, 0.29) is 11.1 Å². The molecule has 2 N–H and O–H groups in total. The molecule has 2 saturated heterocycles. The van der Waals surface area contributed by atoms with Crippen LogP contribution in [0.4, 0.5) is 18.9 Å². The summed E-state index contributed by atoms with van der Waals surface area (Å²) in [5, 5.41) is 9.00. The van der Waals surface area contributed by atoms with Crippen LogP contribution in [0.1, 0.15) is 40.9 Å². The molecular weight excluding hydrogens is 437 g/mol. The molecular formula is C22H21F3N6O2. The summed E-state index contributed by atoms with van der Waals surface area (Å²) in [6, 6.07) is 5.98. The van der Waals surface area contributed by atoms with Crippen molar-refractivity contribution in [2.45, 2.75) is 31.5 Å². The lowest BCUT2D eigenvalue weighted by molar-refractivity contribution is -0.137. The third kappa shape index (κ3) is 4.33. The highest BCUT2D eigenvalue weighted by atomic mass is 19.4. The van der Waals surface area contributed by atoms with Gasteiger partial charge in [-0.25, -0.2) is 9.97 Å². The number of benzene rings is 1. The molecule has 172 valence electrons. The topological polar surface area (TPSA) is 116 Å². The van der Waals surface area contributed by atoms with Crippen LogP contribution >= 0.6 is 0 Å². The molecule has 8 nitrogen and oxygen atoms in total. The van der Waals surface area contributed by atoms with Crippen molar-refractivity contribution in [2.24, 2.45) is 11.1 Å². The summed E-state index contributed by atoms with van der Waals surface area (Å²) < 4.78 is 40.0. The van der Waals surface area contributed by atoms with Crippen molar-refractivity contribution in [3.05, 3.63) is 53.6 Å². The van der Waals surface area contributed by atoms with Gasteiger partial charge in [0.25, 0.3) is 5.91 Å². The van der Waals surface area contributed by atoms with E-state index in [1.54, 1.807) is 6.07 Å². The first-order chi connectivity index (χ1) is 15.6. The molecule has 1 aromatic carbocycles. The normalized spacial score (nSPS) is 20.0. The molecule has 33 heavy (non-hydrogen) atoms. The highest BCUT2D eigenvalue weighted by Gasteiger charge is 2.49. The van der Waals surface area contributed by atoms with Gasteiger partial charge in [0.2, 0.25) is 5.91 Å². The molecule has 3 heterocycles. The van der Waals surface area contributed by atoms with Gasteiger partial charge in [-0.05, 0) is 48.9 Å². The predicted molar refractivity (Wildman–Crippen MR) is 111 cm³/mol. The lowest BCUT2D eigenvalue weighted by Crippen LogP contribution is -2.44. The van der Waals surface area contributed by atoms with Crippen molar-refractivity contribution in [3.8, 4) is 6.07 Å². The number of primary amides is 1. The van der Waals surface area contributed by atoms with Crippen LogP contribution in [0.25, 0.3) is 0 Å². The molecule has 2 aliphatic heterocycles. The average molecular weight is 458 g/mol. The lowest BCUT2D eigenvalue weighted by atomic mass is 9.76. The molecule has 2 amide bonds. The van der Waals surface area contributed by atoms with Crippen LogP contribution < -0.4 is 10.6 Å². The predicted octanol–water partition coefficient (Wildman–Crippen LogP) is 2.35. The van der Waals surface area contributed by atoms with Crippen LogP contribution in [0.2, 0.25) is 0 Å². The van der Waals surface area contributed by atoms with E-state index < -0.39 is 35.2 Å². The van der Waals surface area contributed by atoms with Gasteiger partial charge in [0.15, 0.2) is 0 Å². The number of anilines is 1. The number of amides is 2. The zero-order chi connectivity index (χ0) is 23.8. The van der Waals surface area contributed by atoms with Gasteiger partial charge in [0, 0.05) is 31.5 Å². The molecule has 0 radical (unpaired) electrons.